The number of nitrogens with zero attached hydrogens (tertiary/aromatic N) is 5. The van der Waals surface area contributed by atoms with E-state index in [-0.39, 0.29) is 11.9 Å². The summed E-state index contributed by atoms with van der Waals surface area (Å²) in [6.45, 7) is 1.40. The van der Waals surface area contributed by atoms with Crippen LogP contribution < -0.4 is 5.32 Å². The molecular weight excluding hydrogens is 296 g/mol. The molecule has 1 amide bonds. The Balaban J connectivity index is 1.37. The fourth-order valence-electron chi connectivity index (χ4n) is 2.80. The number of amides is 1. The SMILES string of the molecule is O=C(c1ccco1)N1CCC(Nc2ccc3nncn3n2)CC1. The summed E-state index contributed by atoms with van der Waals surface area (Å²) in [7, 11) is 0. The van der Waals surface area contributed by atoms with Crippen LogP contribution >= 0.6 is 0 Å². The number of likely N-dealkylation sites (tertiary alicyclic amines) is 1. The molecule has 1 saturated heterocycles. The summed E-state index contributed by atoms with van der Waals surface area (Å²) < 4.78 is 6.81. The van der Waals surface area contributed by atoms with E-state index in [4.69, 9.17) is 4.42 Å². The fourth-order valence-corrected chi connectivity index (χ4v) is 2.80. The molecule has 3 aromatic heterocycles. The van der Waals surface area contributed by atoms with E-state index < -0.39 is 0 Å². The van der Waals surface area contributed by atoms with Gasteiger partial charge in [-0.15, -0.1) is 15.3 Å². The van der Waals surface area contributed by atoms with Crippen LogP contribution in [0.25, 0.3) is 5.65 Å². The van der Waals surface area contributed by atoms with Crippen molar-refractivity contribution in [3.63, 3.8) is 0 Å². The lowest BCUT2D eigenvalue weighted by molar-refractivity contribution is 0.0686. The van der Waals surface area contributed by atoms with Crippen LogP contribution in [0.3, 0.4) is 0 Å². The van der Waals surface area contributed by atoms with Gasteiger partial charge in [-0.3, -0.25) is 4.79 Å². The first-order valence-corrected chi connectivity index (χ1v) is 7.56. The van der Waals surface area contributed by atoms with E-state index in [1.807, 2.05) is 17.0 Å². The number of nitrogens with one attached hydrogen (secondary N) is 1. The number of rotatable bonds is 3. The van der Waals surface area contributed by atoms with E-state index in [0.717, 1.165) is 24.3 Å². The van der Waals surface area contributed by atoms with Gasteiger partial charge in [-0.1, -0.05) is 0 Å². The maximum atomic E-state index is 12.2. The average molecular weight is 312 g/mol. The summed E-state index contributed by atoms with van der Waals surface area (Å²) in [5, 5.41) is 15.6. The van der Waals surface area contributed by atoms with Crippen molar-refractivity contribution in [1.82, 2.24) is 24.7 Å². The number of carbonyl (C=O) groups is 1. The van der Waals surface area contributed by atoms with Crippen molar-refractivity contribution in [3.8, 4) is 0 Å². The Hall–Kier alpha value is -2.90. The highest BCUT2D eigenvalue weighted by molar-refractivity contribution is 5.91. The third kappa shape index (κ3) is 2.75. The third-order valence-electron chi connectivity index (χ3n) is 4.03. The Morgan fingerprint density at radius 2 is 2.13 bits per heavy atom. The van der Waals surface area contributed by atoms with Crippen LogP contribution in [-0.2, 0) is 0 Å². The van der Waals surface area contributed by atoms with Gasteiger partial charge >= 0.3 is 0 Å². The first-order chi connectivity index (χ1) is 11.3. The zero-order valence-corrected chi connectivity index (χ0v) is 12.4. The second-order valence-electron chi connectivity index (χ2n) is 5.54. The molecule has 8 heteroatoms. The summed E-state index contributed by atoms with van der Waals surface area (Å²) in [4.78, 5) is 14.1. The van der Waals surface area contributed by atoms with E-state index in [1.165, 1.54) is 6.26 Å². The zero-order valence-electron chi connectivity index (χ0n) is 12.4. The molecule has 0 radical (unpaired) electrons. The summed E-state index contributed by atoms with van der Waals surface area (Å²) >= 11 is 0. The number of aromatic nitrogens is 4. The number of furan rings is 1. The predicted molar refractivity (Wildman–Crippen MR) is 82.0 cm³/mol. The van der Waals surface area contributed by atoms with Gasteiger partial charge in [-0.05, 0) is 37.1 Å². The molecular formula is C15H16N6O2. The molecule has 0 aromatic carbocycles. The first kappa shape index (κ1) is 13.7. The Bertz CT molecular complexity index is 804. The van der Waals surface area contributed by atoms with Gasteiger partial charge in [0.25, 0.3) is 5.91 Å². The lowest BCUT2D eigenvalue weighted by Gasteiger charge is -2.32. The molecule has 23 heavy (non-hydrogen) atoms. The molecule has 0 saturated carbocycles. The van der Waals surface area contributed by atoms with Crippen LogP contribution in [0.4, 0.5) is 5.82 Å². The van der Waals surface area contributed by atoms with E-state index >= 15 is 0 Å². The largest absolute Gasteiger partial charge is 0.459 e. The highest BCUT2D eigenvalue weighted by Gasteiger charge is 2.25. The number of piperidine rings is 1. The van der Waals surface area contributed by atoms with Gasteiger partial charge in [0.1, 0.15) is 12.1 Å². The van der Waals surface area contributed by atoms with E-state index in [0.29, 0.717) is 18.8 Å². The van der Waals surface area contributed by atoms with Gasteiger partial charge in [0.05, 0.1) is 6.26 Å². The second kappa shape index (κ2) is 5.71. The van der Waals surface area contributed by atoms with Crippen molar-refractivity contribution < 1.29 is 9.21 Å². The normalized spacial score (nSPS) is 15.9. The molecule has 1 fully saturated rings. The zero-order chi connectivity index (χ0) is 15.6. The predicted octanol–water partition coefficient (Wildman–Crippen LogP) is 1.43. The maximum absolute atomic E-state index is 12.2. The van der Waals surface area contributed by atoms with Gasteiger partial charge in [0, 0.05) is 19.1 Å². The molecule has 1 aliphatic rings. The molecule has 1 N–H and O–H groups in total. The second-order valence-corrected chi connectivity index (χ2v) is 5.54. The van der Waals surface area contributed by atoms with Gasteiger partial charge in [-0.2, -0.15) is 4.52 Å². The molecule has 0 spiro atoms. The van der Waals surface area contributed by atoms with Crippen LogP contribution in [0.15, 0.2) is 41.3 Å². The molecule has 0 aliphatic carbocycles. The van der Waals surface area contributed by atoms with Crippen LogP contribution in [0.1, 0.15) is 23.4 Å². The summed E-state index contributed by atoms with van der Waals surface area (Å²) in [5.41, 5.74) is 0.717. The molecule has 118 valence electrons. The van der Waals surface area contributed by atoms with E-state index in [9.17, 15) is 4.79 Å². The van der Waals surface area contributed by atoms with Gasteiger partial charge in [0.15, 0.2) is 11.4 Å². The quantitative estimate of drug-likeness (QED) is 0.787. The standard InChI is InChI=1S/C15H16N6O2/c22-15(12-2-1-9-23-12)20-7-5-11(6-8-20)17-13-3-4-14-18-16-10-21(14)19-13/h1-4,9-11H,5-8H2,(H,17,19). The van der Waals surface area contributed by atoms with Crippen molar-refractivity contribution in [2.24, 2.45) is 0 Å². The highest BCUT2D eigenvalue weighted by atomic mass is 16.3. The number of carbonyl (C=O) groups excluding carboxylic acids is 1. The van der Waals surface area contributed by atoms with Crippen molar-refractivity contribution in [3.05, 3.63) is 42.6 Å². The smallest absolute Gasteiger partial charge is 0.289 e. The van der Waals surface area contributed by atoms with Gasteiger partial charge in [-0.25, -0.2) is 0 Å². The van der Waals surface area contributed by atoms with Crippen molar-refractivity contribution >= 4 is 17.4 Å². The summed E-state index contributed by atoms with van der Waals surface area (Å²) in [6, 6.07) is 7.48. The lowest BCUT2D eigenvalue weighted by atomic mass is 10.0. The Morgan fingerprint density at radius 1 is 1.26 bits per heavy atom. The first-order valence-electron chi connectivity index (χ1n) is 7.56. The molecule has 0 bridgehead atoms. The van der Waals surface area contributed by atoms with Crippen molar-refractivity contribution in [2.45, 2.75) is 18.9 Å². The Labute approximate surface area is 132 Å². The number of hydrogen-bond donors (Lipinski definition) is 1. The monoisotopic (exact) mass is 312 g/mol. The van der Waals surface area contributed by atoms with Crippen LogP contribution in [0.2, 0.25) is 0 Å². The van der Waals surface area contributed by atoms with E-state index in [2.05, 4.69) is 20.6 Å². The van der Waals surface area contributed by atoms with Crippen LogP contribution in [0, 0.1) is 0 Å². The van der Waals surface area contributed by atoms with Gasteiger partial charge < -0.3 is 14.6 Å². The lowest BCUT2D eigenvalue weighted by Crippen LogP contribution is -2.42. The summed E-state index contributed by atoms with van der Waals surface area (Å²) in [5.74, 6) is 1.14. The highest BCUT2D eigenvalue weighted by Crippen LogP contribution is 2.17. The number of hydrogen-bond acceptors (Lipinski definition) is 6. The molecule has 8 nitrogen and oxygen atoms in total. The third-order valence-corrected chi connectivity index (χ3v) is 4.03. The molecule has 1 aliphatic heterocycles. The van der Waals surface area contributed by atoms with Crippen LogP contribution in [0.5, 0.6) is 0 Å². The average Bonchev–Trinajstić information content (AvgIpc) is 3.26. The summed E-state index contributed by atoms with van der Waals surface area (Å²) in [6.07, 6.45) is 4.84. The number of fused-ring (bicyclic) bond motifs is 1. The molecule has 0 atom stereocenters. The molecule has 3 aromatic rings. The fraction of sp³-hybridized carbons (Fsp3) is 0.333. The maximum Gasteiger partial charge on any atom is 0.289 e. The number of anilines is 1. The van der Waals surface area contributed by atoms with E-state index in [1.54, 1.807) is 23.0 Å². The molecule has 0 unspecified atom stereocenters. The van der Waals surface area contributed by atoms with Gasteiger partial charge in [0.2, 0.25) is 0 Å². The minimum atomic E-state index is -0.0440. The van der Waals surface area contributed by atoms with Crippen molar-refractivity contribution in [1.29, 1.82) is 0 Å². The topological polar surface area (TPSA) is 88.6 Å². The minimum absolute atomic E-state index is 0.0440. The minimum Gasteiger partial charge on any atom is -0.459 e. The van der Waals surface area contributed by atoms with Crippen molar-refractivity contribution in [2.75, 3.05) is 18.4 Å². The Morgan fingerprint density at radius 3 is 2.91 bits per heavy atom. The van der Waals surface area contributed by atoms with Crippen LogP contribution in [-0.4, -0.2) is 49.7 Å². The molecule has 4 heterocycles. The molecule has 4 rings (SSSR count). The Kier molecular flexibility index (Phi) is 3.41.